The lowest BCUT2D eigenvalue weighted by atomic mass is 9.92. The normalized spacial score (nSPS) is 24.1. The molecule has 2 fully saturated rings. The Kier molecular flexibility index (Phi) is 3.82. The van der Waals surface area contributed by atoms with Crippen molar-refractivity contribution < 1.29 is 9.53 Å². The molecule has 4 heteroatoms. The van der Waals surface area contributed by atoms with Gasteiger partial charge in [-0.2, -0.15) is 0 Å². The second kappa shape index (κ2) is 5.15. The Bertz CT molecular complexity index is 245. The molecule has 0 radical (unpaired) electrons. The predicted octanol–water partition coefficient (Wildman–Crippen LogP) is 0.671. The van der Waals surface area contributed by atoms with E-state index >= 15 is 0 Å². The van der Waals surface area contributed by atoms with Gasteiger partial charge in [0.05, 0.1) is 6.54 Å². The largest absolute Gasteiger partial charge is 0.381 e. The van der Waals surface area contributed by atoms with Crippen LogP contribution in [-0.4, -0.2) is 37.7 Å². The highest BCUT2D eigenvalue weighted by molar-refractivity contribution is 5.78. The Morgan fingerprint density at radius 2 is 2.06 bits per heavy atom. The van der Waals surface area contributed by atoms with Gasteiger partial charge in [-0.05, 0) is 38.5 Å². The highest BCUT2D eigenvalue weighted by Gasteiger charge is 2.27. The summed E-state index contributed by atoms with van der Waals surface area (Å²) in [6.45, 7) is 5.06. The molecular weight excluding hydrogens is 204 g/mol. The molecule has 2 N–H and O–H groups in total. The highest BCUT2D eigenvalue weighted by atomic mass is 16.5. The van der Waals surface area contributed by atoms with Crippen molar-refractivity contribution in [3.05, 3.63) is 0 Å². The highest BCUT2D eigenvalue weighted by Crippen LogP contribution is 2.27. The smallest absolute Gasteiger partial charge is 0.233 e. The molecule has 0 aromatic carbocycles. The standard InChI is InChI=1S/C12H22N2O2/c1-12(4-6-16-7-5-12)14-9-11(15)13-8-10-2-3-10/h10,14H,2-9H2,1H3,(H,13,15). The second-order valence-electron chi connectivity index (χ2n) is 5.27. The maximum Gasteiger partial charge on any atom is 0.233 e. The predicted molar refractivity (Wildman–Crippen MR) is 62.2 cm³/mol. The Balaban J connectivity index is 1.62. The van der Waals surface area contributed by atoms with E-state index < -0.39 is 0 Å². The van der Waals surface area contributed by atoms with Crippen molar-refractivity contribution in [1.29, 1.82) is 0 Å². The van der Waals surface area contributed by atoms with E-state index in [-0.39, 0.29) is 11.4 Å². The van der Waals surface area contributed by atoms with Crippen LogP contribution in [-0.2, 0) is 9.53 Å². The van der Waals surface area contributed by atoms with Crippen LogP contribution in [0.3, 0.4) is 0 Å². The first kappa shape index (κ1) is 11.9. The van der Waals surface area contributed by atoms with Crippen molar-refractivity contribution in [1.82, 2.24) is 10.6 Å². The third-order valence-electron chi connectivity index (χ3n) is 3.56. The molecule has 0 aromatic rings. The molecule has 0 atom stereocenters. The van der Waals surface area contributed by atoms with Crippen LogP contribution < -0.4 is 10.6 Å². The van der Waals surface area contributed by atoms with E-state index in [9.17, 15) is 4.79 Å². The van der Waals surface area contributed by atoms with Gasteiger partial charge in [-0.15, -0.1) is 0 Å². The molecule has 1 saturated carbocycles. The van der Waals surface area contributed by atoms with Crippen LogP contribution in [0.15, 0.2) is 0 Å². The number of nitrogens with one attached hydrogen (secondary N) is 2. The summed E-state index contributed by atoms with van der Waals surface area (Å²) in [4.78, 5) is 11.6. The number of hydrogen-bond acceptors (Lipinski definition) is 3. The zero-order chi connectivity index (χ0) is 11.4. The molecule has 0 unspecified atom stereocenters. The first-order valence-electron chi connectivity index (χ1n) is 6.27. The van der Waals surface area contributed by atoms with E-state index in [2.05, 4.69) is 17.6 Å². The fraction of sp³-hybridized carbons (Fsp3) is 0.917. The molecule has 2 rings (SSSR count). The molecule has 0 bridgehead atoms. The van der Waals surface area contributed by atoms with E-state index in [1.54, 1.807) is 0 Å². The first-order valence-corrected chi connectivity index (χ1v) is 6.27. The minimum atomic E-state index is 0.0785. The lowest BCUT2D eigenvalue weighted by Crippen LogP contribution is -2.50. The topological polar surface area (TPSA) is 50.4 Å². The summed E-state index contributed by atoms with van der Waals surface area (Å²) in [6, 6.07) is 0. The fourth-order valence-corrected chi connectivity index (χ4v) is 1.94. The van der Waals surface area contributed by atoms with Crippen LogP contribution in [0.4, 0.5) is 0 Å². The zero-order valence-corrected chi connectivity index (χ0v) is 10.1. The van der Waals surface area contributed by atoms with Crippen molar-refractivity contribution in [2.75, 3.05) is 26.3 Å². The molecule has 0 aromatic heterocycles. The summed E-state index contributed by atoms with van der Waals surface area (Å²) < 4.78 is 5.32. The lowest BCUT2D eigenvalue weighted by molar-refractivity contribution is -0.120. The summed E-state index contributed by atoms with van der Waals surface area (Å²) in [5, 5.41) is 6.32. The van der Waals surface area contributed by atoms with E-state index in [4.69, 9.17) is 4.74 Å². The molecule has 1 aliphatic carbocycles. The first-order chi connectivity index (χ1) is 7.68. The van der Waals surface area contributed by atoms with E-state index in [0.717, 1.165) is 38.5 Å². The maximum atomic E-state index is 11.6. The number of amides is 1. The van der Waals surface area contributed by atoms with Gasteiger partial charge < -0.3 is 15.4 Å². The number of ether oxygens (including phenoxy) is 1. The van der Waals surface area contributed by atoms with Crippen LogP contribution in [0.2, 0.25) is 0 Å². The van der Waals surface area contributed by atoms with E-state index in [0.29, 0.717) is 6.54 Å². The van der Waals surface area contributed by atoms with Crippen molar-refractivity contribution >= 4 is 5.91 Å². The van der Waals surface area contributed by atoms with Crippen LogP contribution in [0.25, 0.3) is 0 Å². The molecule has 1 heterocycles. The van der Waals surface area contributed by atoms with Crippen molar-refractivity contribution in [3.63, 3.8) is 0 Å². The van der Waals surface area contributed by atoms with E-state index in [1.807, 2.05) is 0 Å². The van der Waals surface area contributed by atoms with Crippen LogP contribution >= 0.6 is 0 Å². The SMILES string of the molecule is CC1(NCC(=O)NCC2CC2)CCOCC1. The Morgan fingerprint density at radius 1 is 1.38 bits per heavy atom. The average Bonchev–Trinajstić information content (AvgIpc) is 3.09. The number of rotatable bonds is 5. The van der Waals surface area contributed by atoms with Crippen LogP contribution in [0.1, 0.15) is 32.6 Å². The summed E-state index contributed by atoms with van der Waals surface area (Å²) in [5.74, 6) is 0.877. The molecule has 0 spiro atoms. The Hall–Kier alpha value is -0.610. The summed E-state index contributed by atoms with van der Waals surface area (Å²) in [7, 11) is 0. The third kappa shape index (κ3) is 3.76. The quantitative estimate of drug-likeness (QED) is 0.724. The zero-order valence-electron chi connectivity index (χ0n) is 10.1. The number of carbonyl (C=O) groups excluding carboxylic acids is 1. The van der Waals surface area contributed by atoms with Gasteiger partial charge in [0.15, 0.2) is 0 Å². The van der Waals surface area contributed by atoms with Gasteiger partial charge in [0.2, 0.25) is 5.91 Å². The summed E-state index contributed by atoms with van der Waals surface area (Å²) in [5.41, 5.74) is 0.0785. The fourth-order valence-electron chi connectivity index (χ4n) is 1.94. The van der Waals surface area contributed by atoms with Crippen molar-refractivity contribution in [3.8, 4) is 0 Å². The number of hydrogen-bond donors (Lipinski definition) is 2. The van der Waals surface area contributed by atoms with Gasteiger partial charge in [-0.25, -0.2) is 0 Å². The molecular formula is C12H22N2O2. The van der Waals surface area contributed by atoms with Gasteiger partial charge in [0.1, 0.15) is 0 Å². The molecule has 1 amide bonds. The summed E-state index contributed by atoms with van der Waals surface area (Å²) >= 11 is 0. The third-order valence-corrected chi connectivity index (χ3v) is 3.56. The van der Waals surface area contributed by atoms with Crippen LogP contribution in [0.5, 0.6) is 0 Å². The summed E-state index contributed by atoms with van der Waals surface area (Å²) in [6.07, 6.45) is 4.54. The van der Waals surface area contributed by atoms with Crippen molar-refractivity contribution in [2.24, 2.45) is 5.92 Å². The van der Waals surface area contributed by atoms with E-state index in [1.165, 1.54) is 12.8 Å². The van der Waals surface area contributed by atoms with Gasteiger partial charge >= 0.3 is 0 Å². The van der Waals surface area contributed by atoms with Crippen molar-refractivity contribution in [2.45, 2.75) is 38.1 Å². The minimum absolute atomic E-state index is 0.0785. The van der Waals surface area contributed by atoms with Gasteiger partial charge in [0, 0.05) is 25.3 Å². The molecule has 4 nitrogen and oxygen atoms in total. The van der Waals surface area contributed by atoms with Gasteiger partial charge in [-0.3, -0.25) is 4.79 Å². The Labute approximate surface area is 97.1 Å². The monoisotopic (exact) mass is 226 g/mol. The average molecular weight is 226 g/mol. The lowest BCUT2D eigenvalue weighted by Gasteiger charge is -2.34. The Morgan fingerprint density at radius 3 is 2.69 bits per heavy atom. The molecule has 1 aliphatic heterocycles. The maximum absolute atomic E-state index is 11.6. The molecule has 92 valence electrons. The minimum Gasteiger partial charge on any atom is -0.381 e. The molecule has 16 heavy (non-hydrogen) atoms. The molecule has 2 aliphatic rings. The molecule has 1 saturated heterocycles. The second-order valence-corrected chi connectivity index (χ2v) is 5.27. The number of carbonyl (C=O) groups is 1. The van der Waals surface area contributed by atoms with Gasteiger partial charge in [0.25, 0.3) is 0 Å². The van der Waals surface area contributed by atoms with Crippen LogP contribution in [0, 0.1) is 5.92 Å². The van der Waals surface area contributed by atoms with Gasteiger partial charge in [-0.1, -0.05) is 0 Å².